The fourth-order valence-electron chi connectivity index (χ4n) is 9.33. The van der Waals surface area contributed by atoms with Gasteiger partial charge in [0.15, 0.2) is 12.4 Å². The smallest absolute Gasteiger partial charge is 0.306 e. The van der Waals surface area contributed by atoms with Crippen molar-refractivity contribution in [1.82, 2.24) is 5.32 Å². The molecule has 0 aromatic rings. The van der Waals surface area contributed by atoms with Gasteiger partial charge in [0.2, 0.25) is 5.91 Å². The van der Waals surface area contributed by atoms with Crippen LogP contribution in [0, 0.1) is 0 Å². The zero-order chi connectivity index (χ0) is 61.0. The second kappa shape index (κ2) is 58.9. The Morgan fingerprint density at radius 2 is 0.857 bits per heavy atom. The minimum Gasteiger partial charge on any atom is -0.454 e. The van der Waals surface area contributed by atoms with Gasteiger partial charge in [-0.25, -0.2) is 0 Å². The van der Waals surface area contributed by atoms with E-state index in [9.17, 15) is 35.1 Å². The molecule has 6 N–H and O–H groups in total. The SMILES string of the molecule is CC/C=C\C/C=C\C/C=C\C/C=C\C/C=C\C/C=C\CCCCCCCCC(=O)OC1C(OCC(NC(=O)C(O)CCCC/C=C\C/C=C\C/C=C\C/C=C\C/C=C\CC)C(O)/C=C/CCCCCCCCCCCC)OC(CO)C(O)C1O. The first-order chi connectivity index (χ1) is 41.2. The zero-order valence-corrected chi connectivity index (χ0v) is 52.7. The lowest BCUT2D eigenvalue weighted by atomic mass is 9.99. The number of allylic oxidation sites excluding steroid dienone is 23. The van der Waals surface area contributed by atoms with Crippen LogP contribution >= 0.6 is 0 Å². The molecule has 0 aromatic heterocycles. The number of aliphatic hydroxyl groups is 5. The molecule has 1 aliphatic rings. The van der Waals surface area contributed by atoms with Crippen LogP contribution in [0.15, 0.2) is 146 Å². The third-order valence-corrected chi connectivity index (χ3v) is 14.5. The fourth-order valence-corrected chi connectivity index (χ4v) is 9.33. The van der Waals surface area contributed by atoms with E-state index in [0.717, 1.165) is 148 Å². The molecule has 1 heterocycles. The number of ether oxygens (including phenoxy) is 3. The largest absolute Gasteiger partial charge is 0.454 e. The standard InChI is InChI=1S/C73H119NO10/c1-4-7-10-13-16-19-22-25-27-29-31-32-33-34-35-36-37-39-41-43-46-49-52-55-58-61-68(78)84-71-70(80)69(79)67(62-75)83-73(71)82-63-64(65(76)59-56-53-50-47-44-24-21-18-15-12-9-6-3)74-72(81)66(77)60-57-54-51-48-45-42-40-38-30-28-26-23-20-17-14-11-8-5-2/h7-8,10-11,16-17,19-20,25-28,31-32,34-35,37-40,45,48,56,59,64-67,69-71,73,75-77,79-80H,4-6,9,12-15,18,21-24,29-30,33,36,41-44,46-47,49-55,57-58,60-63H2,1-3H3,(H,74,81)/b10-7-,11-8-,19-16-,20-17-,27-25-,28-26-,32-31-,35-34-,39-37-,40-38-,48-45-,59-56+. The molecule has 1 fully saturated rings. The lowest BCUT2D eigenvalue weighted by Gasteiger charge is -2.41. The van der Waals surface area contributed by atoms with Gasteiger partial charge in [-0.05, 0) is 122 Å². The third-order valence-electron chi connectivity index (χ3n) is 14.5. The first-order valence-electron chi connectivity index (χ1n) is 33.1. The molecule has 0 aromatic carbocycles. The Hall–Kier alpha value is -4.46. The minimum atomic E-state index is -1.64. The third kappa shape index (κ3) is 45.8. The lowest BCUT2D eigenvalue weighted by molar-refractivity contribution is -0.305. The van der Waals surface area contributed by atoms with E-state index in [1.165, 1.54) is 44.9 Å². The molecule has 8 unspecified atom stereocenters. The van der Waals surface area contributed by atoms with E-state index in [1.54, 1.807) is 6.08 Å². The van der Waals surface area contributed by atoms with Crippen molar-refractivity contribution in [2.24, 2.45) is 0 Å². The summed E-state index contributed by atoms with van der Waals surface area (Å²) >= 11 is 0. The normalized spacial score (nSPS) is 19.5. The van der Waals surface area contributed by atoms with Gasteiger partial charge in [-0.1, -0.05) is 256 Å². The minimum absolute atomic E-state index is 0.0927. The van der Waals surface area contributed by atoms with Gasteiger partial charge in [0.05, 0.1) is 25.4 Å². The van der Waals surface area contributed by atoms with Gasteiger partial charge in [0.1, 0.15) is 24.4 Å². The highest BCUT2D eigenvalue weighted by Crippen LogP contribution is 2.26. The van der Waals surface area contributed by atoms with Gasteiger partial charge >= 0.3 is 5.97 Å². The van der Waals surface area contributed by atoms with Crippen molar-refractivity contribution < 1.29 is 49.3 Å². The van der Waals surface area contributed by atoms with Crippen molar-refractivity contribution in [3.8, 4) is 0 Å². The van der Waals surface area contributed by atoms with E-state index in [4.69, 9.17) is 14.2 Å². The fraction of sp³-hybridized carbons (Fsp3) is 0.644. The maximum Gasteiger partial charge on any atom is 0.306 e. The van der Waals surface area contributed by atoms with Crippen LogP contribution in [0.1, 0.15) is 239 Å². The van der Waals surface area contributed by atoms with Gasteiger partial charge in [0, 0.05) is 6.42 Å². The van der Waals surface area contributed by atoms with E-state index < -0.39 is 67.4 Å². The molecule has 1 saturated heterocycles. The van der Waals surface area contributed by atoms with Crippen molar-refractivity contribution in [1.29, 1.82) is 0 Å². The first kappa shape index (κ1) is 77.6. The molecule has 0 bridgehead atoms. The summed E-state index contributed by atoms with van der Waals surface area (Å²) in [6, 6.07) is -1.06. The number of carbonyl (C=O) groups excluding carboxylic acids is 2. The van der Waals surface area contributed by atoms with Crippen LogP contribution in [0.25, 0.3) is 0 Å². The molecule has 0 saturated carbocycles. The number of nitrogens with one attached hydrogen (secondary N) is 1. The van der Waals surface area contributed by atoms with Crippen molar-refractivity contribution in [2.45, 2.75) is 288 Å². The Morgan fingerprint density at radius 3 is 1.29 bits per heavy atom. The summed E-state index contributed by atoms with van der Waals surface area (Å²) in [4.78, 5) is 26.6. The van der Waals surface area contributed by atoms with Crippen LogP contribution in [0.4, 0.5) is 0 Å². The van der Waals surface area contributed by atoms with Crippen molar-refractivity contribution in [2.75, 3.05) is 13.2 Å². The van der Waals surface area contributed by atoms with Gasteiger partial charge in [-0.15, -0.1) is 0 Å². The lowest BCUT2D eigenvalue weighted by Crippen LogP contribution is -2.61. The van der Waals surface area contributed by atoms with Crippen molar-refractivity contribution in [3.63, 3.8) is 0 Å². The molecular weight excluding hydrogens is 1050 g/mol. The van der Waals surface area contributed by atoms with Crippen molar-refractivity contribution in [3.05, 3.63) is 146 Å². The second-order valence-corrected chi connectivity index (χ2v) is 22.1. The molecule has 1 aliphatic heterocycles. The quantitative estimate of drug-likeness (QED) is 0.0195. The monoisotopic (exact) mass is 1170 g/mol. The molecular formula is C73H119NO10. The molecule has 8 atom stereocenters. The number of hydrogen-bond acceptors (Lipinski definition) is 10. The van der Waals surface area contributed by atoms with Gasteiger partial charge in [0.25, 0.3) is 0 Å². The number of rotatable bonds is 54. The molecule has 84 heavy (non-hydrogen) atoms. The Labute approximate surface area is 511 Å². The average molecular weight is 1170 g/mol. The number of amides is 1. The number of unbranched alkanes of at least 4 members (excludes halogenated alkanes) is 18. The van der Waals surface area contributed by atoms with Crippen LogP contribution in [0.2, 0.25) is 0 Å². The van der Waals surface area contributed by atoms with Crippen LogP contribution < -0.4 is 5.32 Å². The summed E-state index contributed by atoms with van der Waals surface area (Å²) in [5.74, 6) is -1.26. The number of hydrogen-bond donors (Lipinski definition) is 6. The summed E-state index contributed by atoms with van der Waals surface area (Å²) in [5, 5.41) is 57.1. The van der Waals surface area contributed by atoms with E-state index in [1.807, 2.05) is 6.08 Å². The molecule has 1 rings (SSSR count). The maximum absolute atomic E-state index is 13.4. The molecule has 476 valence electrons. The van der Waals surface area contributed by atoms with E-state index in [0.29, 0.717) is 12.8 Å². The second-order valence-electron chi connectivity index (χ2n) is 22.1. The van der Waals surface area contributed by atoms with Gasteiger partial charge < -0.3 is 45.1 Å². The molecule has 0 radical (unpaired) electrons. The van der Waals surface area contributed by atoms with E-state index >= 15 is 0 Å². The molecule has 11 heteroatoms. The molecule has 1 amide bonds. The Morgan fingerprint density at radius 1 is 0.476 bits per heavy atom. The molecule has 0 spiro atoms. The number of carbonyl (C=O) groups is 2. The van der Waals surface area contributed by atoms with Crippen LogP contribution in [-0.2, 0) is 23.8 Å². The average Bonchev–Trinajstić information content (AvgIpc) is 3.69. The van der Waals surface area contributed by atoms with Crippen LogP contribution in [0.5, 0.6) is 0 Å². The molecule has 0 aliphatic carbocycles. The predicted molar refractivity (Wildman–Crippen MR) is 351 cm³/mol. The number of aliphatic hydroxyl groups excluding tert-OH is 5. The number of esters is 1. The van der Waals surface area contributed by atoms with E-state index in [-0.39, 0.29) is 19.4 Å². The maximum atomic E-state index is 13.4. The van der Waals surface area contributed by atoms with Crippen molar-refractivity contribution >= 4 is 11.9 Å². The van der Waals surface area contributed by atoms with Gasteiger partial charge in [-0.3, -0.25) is 9.59 Å². The Balaban J connectivity index is 2.66. The van der Waals surface area contributed by atoms with Crippen LogP contribution in [-0.4, -0.2) is 99.6 Å². The first-order valence-corrected chi connectivity index (χ1v) is 33.1. The van der Waals surface area contributed by atoms with E-state index in [2.05, 4.69) is 160 Å². The summed E-state index contributed by atoms with van der Waals surface area (Å²) in [7, 11) is 0. The predicted octanol–water partition coefficient (Wildman–Crippen LogP) is 16.6. The highest BCUT2D eigenvalue weighted by atomic mass is 16.7. The molecule has 11 nitrogen and oxygen atoms in total. The van der Waals surface area contributed by atoms with Gasteiger partial charge in [-0.2, -0.15) is 0 Å². The highest BCUT2D eigenvalue weighted by molar-refractivity contribution is 5.80. The Bertz CT molecular complexity index is 1920. The summed E-state index contributed by atoms with van der Waals surface area (Å²) in [5.41, 5.74) is 0. The zero-order valence-electron chi connectivity index (χ0n) is 52.7. The highest BCUT2D eigenvalue weighted by Gasteiger charge is 2.47. The summed E-state index contributed by atoms with van der Waals surface area (Å²) in [6.07, 6.45) is 74.5. The summed E-state index contributed by atoms with van der Waals surface area (Å²) < 4.78 is 17.6. The Kier molecular flexibility index (Phi) is 54.4. The summed E-state index contributed by atoms with van der Waals surface area (Å²) in [6.45, 7) is 5.52. The topological polar surface area (TPSA) is 175 Å². The van der Waals surface area contributed by atoms with Crippen LogP contribution in [0.3, 0.4) is 0 Å².